The molecule has 0 aliphatic heterocycles. The second-order valence-corrected chi connectivity index (χ2v) is 5.66. The SMILES string of the molecule is CC1C[C@H](C(=O)N(CCC#N)C(C)C)[C@H](C(=O)O)C1. The smallest absolute Gasteiger partial charge is 0.307 e. The van der Waals surface area contributed by atoms with Crippen LogP contribution >= 0.6 is 0 Å². The van der Waals surface area contributed by atoms with Crippen LogP contribution in [0.4, 0.5) is 0 Å². The van der Waals surface area contributed by atoms with Crippen LogP contribution in [0.3, 0.4) is 0 Å². The lowest BCUT2D eigenvalue weighted by atomic mass is 9.94. The lowest BCUT2D eigenvalue weighted by Gasteiger charge is -2.30. The summed E-state index contributed by atoms with van der Waals surface area (Å²) in [5.74, 6) is -1.74. The van der Waals surface area contributed by atoms with Gasteiger partial charge in [0, 0.05) is 12.6 Å². The zero-order chi connectivity index (χ0) is 14.6. The van der Waals surface area contributed by atoms with E-state index in [1.165, 1.54) is 0 Å². The van der Waals surface area contributed by atoms with Crippen molar-refractivity contribution in [3.8, 4) is 6.07 Å². The molecule has 5 heteroatoms. The van der Waals surface area contributed by atoms with Gasteiger partial charge in [0.1, 0.15) is 0 Å². The fourth-order valence-corrected chi connectivity index (χ4v) is 2.84. The highest BCUT2D eigenvalue weighted by molar-refractivity contribution is 5.85. The molecule has 0 bridgehead atoms. The first-order valence-electron chi connectivity index (χ1n) is 6.78. The number of carbonyl (C=O) groups excluding carboxylic acids is 1. The first-order chi connectivity index (χ1) is 8.88. The van der Waals surface area contributed by atoms with E-state index in [-0.39, 0.29) is 24.3 Å². The molecule has 0 spiro atoms. The van der Waals surface area contributed by atoms with Crippen LogP contribution in [-0.2, 0) is 9.59 Å². The van der Waals surface area contributed by atoms with E-state index >= 15 is 0 Å². The molecule has 0 aromatic rings. The third-order valence-electron chi connectivity index (χ3n) is 3.80. The Balaban J connectivity index is 2.83. The highest BCUT2D eigenvalue weighted by Gasteiger charge is 2.43. The maximum atomic E-state index is 12.5. The molecular weight excluding hydrogens is 244 g/mol. The molecule has 0 saturated heterocycles. The summed E-state index contributed by atoms with van der Waals surface area (Å²) in [6, 6.07) is 2.02. The molecule has 0 radical (unpaired) electrons. The van der Waals surface area contributed by atoms with E-state index in [2.05, 4.69) is 0 Å². The van der Waals surface area contributed by atoms with Gasteiger partial charge in [0.05, 0.1) is 24.3 Å². The molecule has 0 aromatic carbocycles. The summed E-state index contributed by atoms with van der Waals surface area (Å²) in [6.45, 7) is 6.15. The summed E-state index contributed by atoms with van der Waals surface area (Å²) in [5.41, 5.74) is 0. The topological polar surface area (TPSA) is 81.4 Å². The molecule has 1 aliphatic rings. The second kappa shape index (κ2) is 6.55. The third-order valence-corrected chi connectivity index (χ3v) is 3.80. The van der Waals surface area contributed by atoms with Crippen LogP contribution < -0.4 is 0 Å². The Morgan fingerprint density at radius 3 is 2.42 bits per heavy atom. The van der Waals surface area contributed by atoms with E-state index in [0.29, 0.717) is 19.4 Å². The van der Waals surface area contributed by atoms with Crippen molar-refractivity contribution in [2.24, 2.45) is 17.8 Å². The highest BCUT2D eigenvalue weighted by Crippen LogP contribution is 2.37. The number of aliphatic carboxylic acids is 1. The first-order valence-corrected chi connectivity index (χ1v) is 6.78. The maximum Gasteiger partial charge on any atom is 0.307 e. The summed E-state index contributed by atoms with van der Waals surface area (Å²) >= 11 is 0. The van der Waals surface area contributed by atoms with E-state index in [1.807, 2.05) is 26.8 Å². The molecule has 5 nitrogen and oxygen atoms in total. The van der Waals surface area contributed by atoms with Gasteiger partial charge in [0.15, 0.2) is 0 Å². The number of carboxylic acid groups (broad SMARTS) is 1. The Hall–Kier alpha value is -1.57. The number of nitriles is 1. The summed E-state index contributed by atoms with van der Waals surface area (Å²) in [5, 5.41) is 17.9. The molecule has 3 atom stereocenters. The molecule has 1 aliphatic carbocycles. The van der Waals surface area contributed by atoms with Crippen LogP contribution in [0.15, 0.2) is 0 Å². The van der Waals surface area contributed by atoms with Gasteiger partial charge >= 0.3 is 5.97 Å². The van der Waals surface area contributed by atoms with Crippen molar-refractivity contribution in [3.63, 3.8) is 0 Å². The number of nitrogens with zero attached hydrogens (tertiary/aromatic N) is 2. The van der Waals surface area contributed by atoms with Gasteiger partial charge in [0.25, 0.3) is 0 Å². The Bertz CT molecular complexity index is 387. The van der Waals surface area contributed by atoms with Gasteiger partial charge in [-0.2, -0.15) is 5.26 Å². The summed E-state index contributed by atoms with van der Waals surface area (Å²) in [7, 11) is 0. The number of carboxylic acids is 1. The van der Waals surface area contributed by atoms with Gasteiger partial charge in [-0.3, -0.25) is 9.59 Å². The maximum absolute atomic E-state index is 12.5. The average molecular weight is 266 g/mol. The van der Waals surface area contributed by atoms with Crippen LogP contribution in [0.25, 0.3) is 0 Å². The summed E-state index contributed by atoms with van der Waals surface area (Å²) in [4.78, 5) is 25.4. The van der Waals surface area contributed by atoms with Crippen LogP contribution in [-0.4, -0.2) is 34.5 Å². The number of hydrogen-bond donors (Lipinski definition) is 1. The van der Waals surface area contributed by atoms with Crippen molar-refractivity contribution in [3.05, 3.63) is 0 Å². The van der Waals surface area contributed by atoms with Crippen molar-refractivity contribution < 1.29 is 14.7 Å². The normalized spacial score (nSPS) is 26.2. The van der Waals surface area contributed by atoms with Gasteiger partial charge in [-0.1, -0.05) is 6.92 Å². The van der Waals surface area contributed by atoms with Crippen molar-refractivity contribution >= 4 is 11.9 Å². The quantitative estimate of drug-likeness (QED) is 0.823. The lowest BCUT2D eigenvalue weighted by Crippen LogP contribution is -2.43. The molecule has 1 saturated carbocycles. The standard InChI is InChI=1S/C14H22N2O3/c1-9(2)16(6-4-5-15)13(17)11-7-10(3)8-12(11)14(18)19/h9-12H,4,6-8H2,1-3H3,(H,18,19)/t10?,11-,12+/m0/s1. The van der Waals surface area contributed by atoms with Crippen LogP contribution in [0.2, 0.25) is 0 Å². The minimum Gasteiger partial charge on any atom is -0.481 e. The molecule has 1 unspecified atom stereocenters. The predicted octanol–water partition coefficient (Wildman–Crippen LogP) is 1.88. The predicted molar refractivity (Wildman–Crippen MR) is 70.1 cm³/mol. The van der Waals surface area contributed by atoms with Crippen molar-refractivity contribution in [2.75, 3.05) is 6.54 Å². The largest absolute Gasteiger partial charge is 0.481 e. The lowest BCUT2D eigenvalue weighted by molar-refractivity contribution is -0.149. The van der Waals surface area contributed by atoms with Crippen LogP contribution in [0.1, 0.15) is 40.0 Å². The first kappa shape index (κ1) is 15.5. The van der Waals surface area contributed by atoms with E-state index in [1.54, 1.807) is 4.90 Å². The van der Waals surface area contributed by atoms with E-state index in [9.17, 15) is 14.7 Å². The van der Waals surface area contributed by atoms with Gasteiger partial charge in [0.2, 0.25) is 5.91 Å². The van der Waals surface area contributed by atoms with Gasteiger partial charge < -0.3 is 10.0 Å². The van der Waals surface area contributed by atoms with Gasteiger partial charge in [-0.05, 0) is 32.6 Å². The third kappa shape index (κ3) is 3.69. The number of amides is 1. The number of rotatable bonds is 5. The zero-order valence-electron chi connectivity index (χ0n) is 11.8. The van der Waals surface area contributed by atoms with Crippen LogP contribution in [0.5, 0.6) is 0 Å². The minimum absolute atomic E-state index is 0.00815. The molecule has 0 heterocycles. The number of hydrogen-bond acceptors (Lipinski definition) is 3. The number of carbonyl (C=O) groups is 2. The zero-order valence-corrected chi connectivity index (χ0v) is 11.8. The van der Waals surface area contributed by atoms with E-state index in [0.717, 1.165) is 0 Å². The van der Waals surface area contributed by atoms with Gasteiger partial charge in [-0.15, -0.1) is 0 Å². The van der Waals surface area contributed by atoms with Crippen molar-refractivity contribution in [2.45, 2.75) is 46.1 Å². The van der Waals surface area contributed by atoms with Gasteiger partial charge in [-0.25, -0.2) is 0 Å². The molecule has 1 amide bonds. The van der Waals surface area contributed by atoms with Crippen molar-refractivity contribution in [1.29, 1.82) is 5.26 Å². The Labute approximate surface area is 114 Å². The van der Waals surface area contributed by atoms with E-state index < -0.39 is 17.8 Å². The average Bonchev–Trinajstić information content (AvgIpc) is 2.71. The summed E-state index contributed by atoms with van der Waals surface area (Å²) < 4.78 is 0. The summed E-state index contributed by atoms with van der Waals surface area (Å²) in [6.07, 6.45) is 1.48. The fraction of sp³-hybridized carbons (Fsp3) is 0.786. The molecule has 1 fully saturated rings. The Morgan fingerprint density at radius 1 is 1.37 bits per heavy atom. The molecular formula is C14H22N2O3. The fourth-order valence-electron chi connectivity index (χ4n) is 2.84. The minimum atomic E-state index is -0.883. The van der Waals surface area contributed by atoms with Crippen molar-refractivity contribution in [1.82, 2.24) is 4.90 Å². The second-order valence-electron chi connectivity index (χ2n) is 5.66. The molecule has 0 aromatic heterocycles. The molecule has 1 N–H and O–H groups in total. The Kier molecular flexibility index (Phi) is 5.34. The van der Waals surface area contributed by atoms with E-state index in [4.69, 9.17) is 5.26 Å². The molecule has 1 rings (SSSR count). The van der Waals surface area contributed by atoms with Crippen LogP contribution in [0, 0.1) is 29.1 Å². The Morgan fingerprint density at radius 2 is 1.95 bits per heavy atom. The molecule has 19 heavy (non-hydrogen) atoms. The monoisotopic (exact) mass is 266 g/mol. The molecule has 106 valence electrons. The highest BCUT2D eigenvalue weighted by atomic mass is 16.4.